The maximum absolute atomic E-state index is 12.8. The average molecular weight is 415 g/mol. The Morgan fingerprint density at radius 3 is 2.66 bits per heavy atom. The van der Waals surface area contributed by atoms with Crippen LogP contribution in [0.5, 0.6) is 0 Å². The summed E-state index contributed by atoms with van der Waals surface area (Å²) in [6.07, 6.45) is 3.01. The SMILES string of the molecule is CC(CC(=O)N1CCCC1C(=O)Nc1nnc(-c2ccccc2)s1)CC(C)(C)C. The van der Waals surface area contributed by atoms with E-state index in [9.17, 15) is 9.59 Å². The maximum Gasteiger partial charge on any atom is 0.249 e. The van der Waals surface area contributed by atoms with Crippen molar-refractivity contribution in [2.24, 2.45) is 11.3 Å². The van der Waals surface area contributed by atoms with Crippen LogP contribution < -0.4 is 5.32 Å². The number of nitrogens with one attached hydrogen (secondary N) is 1. The Hall–Kier alpha value is -2.28. The van der Waals surface area contributed by atoms with Crippen LogP contribution >= 0.6 is 11.3 Å². The monoisotopic (exact) mass is 414 g/mol. The van der Waals surface area contributed by atoms with Crippen LogP contribution in [0.15, 0.2) is 30.3 Å². The molecule has 0 spiro atoms. The van der Waals surface area contributed by atoms with E-state index in [-0.39, 0.29) is 17.2 Å². The number of anilines is 1. The number of carbonyl (C=O) groups excluding carboxylic acids is 2. The van der Waals surface area contributed by atoms with E-state index in [1.807, 2.05) is 30.3 Å². The zero-order valence-corrected chi connectivity index (χ0v) is 18.5. The summed E-state index contributed by atoms with van der Waals surface area (Å²) >= 11 is 1.34. The number of likely N-dealkylation sites (tertiary alicyclic amines) is 1. The van der Waals surface area contributed by atoms with Crippen LogP contribution in [0.4, 0.5) is 5.13 Å². The highest BCUT2D eigenvalue weighted by Gasteiger charge is 2.35. The predicted molar refractivity (Wildman–Crippen MR) is 117 cm³/mol. The summed E-state index contributed by atoms with van der Waals surface area (Å²) in [4.78, 5) is 27.4. The molecule has 0 saturated carbocycles. The van der Waals surface area contributed by atoms with Crippen LogP contribution in [0.25, 0.3) is 10.6 Å². The maximum atomic E-state index is 12.8. The van der Waals surface area contributed by atoms with Crippen molar-refractivity contribution >= 4 is 28.3 Å². The molecule has 1 aliphatic heterocycles. The molecule has 29 heavy (non-hydrogen) atoms. The highest BCUT2D eigenvalue weighted by atomic mass is 32.1. The van der Waals surface area contributed by atoms with Crippen molar-refractivity contribution in [3.8, 4) is 10.6 Å². The van der Waals surface area contributed by atoms with Gasteiger partial charge in [-0.15, -0.1) is 10.2 Å². The Kier molecular flexibility index (Phi) is 6.67. The van der Waals surface area contributed by atoms with Crippen LogP contribution in [0.3, 0.4) is 0 Å². The van der Waals surface area contributed by atoms with E-state index in [0.29, 0.717) is 30.4 Å². The van der Waals surface area contributed by atoms with Crippen molar-refractivity contribution in [3.05, 3.63) is 30.3 Å². The Bertz CT molecular complexity index is 844. The van der Waals surface area contributed by atoms with E-state index >= 15 is 0 Å². The van der Waals surface area contributed by atoms with Crippen molar-refractivity contribution in [2.75, 3.05) is 11.9 Å². The molecule has 1 aromatic carbocycles. The van der Waals surface area contributed by atoms with E-state index in [1.165, 1.54) is 11.3 Å². The fraction of sp³-hybridized carbons (Fsp3) is 0.545. The lowest BCUT2D eigenvalue weighted by Crippen LogP contribution is -2.43. The standard InChI is InChI=1S/C22H30N4O2S/c1-15(14-22(2,3)4)13-18(27)26-12-8-11-17(26)19(28)23-21-25-24-20(29-21)16-9-6-5-7-10-16/h5-7,9-10,15,17H,8,11-14H2,1-4H3,(H,23,25,28). The van der Waals surface area contributed by atoms with Crippen molar-refractivity contribution < 1.29 is 9.59 Å². The lowest BCUT2D eigenvalue weighted by Gasteiger charge is -2.27. The molecule has 0 aliphatic carbocycles. The van der Waals surface area contributed by atoms with Gasteiger partial charge in [-0.3, -0.25) is 14.9 Å². The molecule has 2 amide bonds. The molecule has 1 aromatic heterocycles. The Morgan fingerprint density at radius 1 is 1.24 bits per heavy atom. The van der Waals surface area contributed by atoms with Gasteiger partial charge in [-0.05, 0) is 30.6 Å². The van der Waals surface area contributed by atoms with Crippen molar-refractivity contribution in [3.63, 3.8) is 0 Å². The minimum Gasteiger partial charge on any atom is -0.331 e. The van der Waals surface area contributed by atoms with Gasteiger partial charge in [0.25, 0.3) is 0 Å². The van der Waals surface area contributed by atoms with E-state index < -0.39 is 6.04 Å². The van der Waals surface area contributed by atoms with Crippen molar-refractivity contribution in [2.45, 2.75) is 59.4 Å². The number of nitrogens with zero attached hydrogens (tertiary/aromatic N) is 3. The van der Waals surface area contributed by atoms with Crippen molar-refractivity contribution in [1.82, 2.24) is 15.1 Å². The Labute approximate surface area is 176 Å². The summed E-state index contributed by atoms with van der Waals surface area (Å²) < 4.78 is 0. The number of rotatable bonds is 6. The van der Waals surface area contributed by atoms with Gasteiger partial charge >= 0.3 is 0 Å². The van der Waals surface area contributed by atoms with E-state index in [0.717, 1.165) is 23.4 Å². The highest BCUT2D eigenvalue weighted by molar-refractivity contribution is 7.18. The van der Waals surface area contributed by atoms with Crippen molar-refractivity contribution in [1.29, 1.82) is 0 Å². The summed E-state index contributed by atoms with van der Waals surface area (Å²) in [5.74, 6) is 0.195. The zero-order chi connectivity index (χ0) is 21.0. The quantitative estimate of drug-likeness (QED) is 0.750. The first-order chi connectivity index (χ1) is 13.7. The average Bonchev–Trinajstić information content (AvgIpc) is 3.30. The summed E-state index contributed by atoms with van der Waals surface area (Å²) in [5.41, 5.74) is 1.16. The summed E-state index contributed by atoms with van der Waals surface area (Å²) in [6, 6.07) is 9.33. The topological polar surface area (TPSA) is 75.2 Å². The zero-order valence-electron chi connectivity index (χ0n) is 17.6. The van der Waals surface area contributed by atoms with Gasteiger partial charge in [0.2, 0.25) is 16.9 Å². The van der Waals surface area contributed by atoms with E-state index in [1.54, 1.807) is 4.90 Å². The molecule has 0 bridgehead atoms. The molecule has 3 rings (SSSR count). The molecule has 2 aromatic rings. The molecule has 156 valence electrons. The fourth-order valence-electron chi connectivity index (χ4n) is 4.03. The van der Waals surface area contributed by atoms with Gasteiger partial charge < -0.3 is 4.90 Å². The second-order valence-corrected chi connectivity index (χ2v) is 10.1. The minimum atomic E-state index is -0.423. The van der Waals surface area contributed by atoms with E-state index in [2.05, 4.69) is 43.2 Å². The number of hydrogen-bond acceptors (Lipinski definition) is 5. The number of aromatic nitrogens is 2. The van der Waals surface area contributed by atoms with E-state index in [4.69, 9.17) is 0 Å². The molecule has 2 heterocycles. The second-order valence-electron chi connectivity index (χ2n) is 9.09. The number of hydrogen-bond donors (Lipinski definition) is 1. The number of benzene rings is 1. The van der Waals surface area contributed by atoms with Crippen LogP contribution in [0, 0.1) is 11.3 Å². The molecule has 1 saturated heterocycles. The first-order valence-electron chi connectivity index (χ1n) is 10.2. The van der Waals surface area contributed by atoms with Gasteiger partial charge in [-0.1, -0.05) is 69.4 Å². The fourth-order valence-corrected chi connectivity index (χ4v) is 4.78. The molecule has 6 nitrogen and oxygen atoms in total. The molecule has 2 atom stereocenters. The molecule has 1 aliphatic rings. The largest absolute Gasteiger partial charge is 0.331 e. The summed E-state index contributed by atoms with van der Waals surface area (Å²) in [7, 11) is 0. The second kappa shape index (κ2) is 9.03. The molecule has 2 unspecified atom stereocenters. The smallest absolute Gasteiger partial charge is 0.249 e. The molecule has 7 heteroatoms. The predicted octanol–water partition coefficient (Wildman–Crippen LogP) is 4.60. The molecular weight excluding hydrogens is 384 g/mol. The van der Waals surface area contributed by atoms with Crippen LogP contribution in [-0.4, -0.2) is 39.5 Å². The van der Waals surface area contributed by atoms with Crippen LogP contribution in [-0.2, 0) is 9.59 Å². The third-order valence-electron chi connectivity index (χ3n) is 5.04. The summed E-state index contributed by atoms with van der Waals surface area (Å²) in [6.45, 7) is 9.31. The van der Waals surface area contributed by atoms with Crippen LogP contribution in [0.2, 0.25) is 0 Å². The first kappa shape index (κ1) is 21.4. The first-order valence-corrected chi connectivity index (χ1v) is 11.0. The highest BCUT2D eigenvalue weighted by Crippen LogP contribution is 2.29. The summed E-state index contributed by atoms with van der Waals surface area (Å²) in [5, 5.41) is 12.4. The minimum absolute atomic E-state index is 0.0710. The Morgan fingerprint density at radius 2 is 1.97 bits per heavy atom. The van der Waals surface area contributed by atoms with Gasteiger partial charge in [-0.2, -0.15) is 0 Å². The molecule has 1 fully saturated rings. The molecule has 1 N–H and O–H groups in total. The van der Waals surface area contributed by atoms with Crippen LogP contribution in [0.1, 0.15) is 53.4 Å². The van der Waals surface area contributed by atoms with Gasteiger partial charge in [0.15, 0.2) is 0 Å². The number of amides is 2. The van der Waals surface area contributed by atoms with Gasteiger partial charge in [0, 0.05) is 18.5 Å². The Balaban J connectivity index is 1.60. The van der Waals surface area contributed by atoms with Gasteiger partial charge in [0.05, 0.1) is 0 Å². The normalized spacial score (nSPS) is 17.9. The molecule has 0 radical (unpaired) electrons. The molecular formula is C22H30N4O2S. The third-order valence-corrected chi connectivity index (χ3v) is 5.92. The number of carbonyl (C=O) groups is 2. The lowest BCUT2D eigenvalue weighted by molar-refractivity contribution is -0.137. The van der Waals surface area contributed by atoms with Gasteiger partial charge in [0.1, 0.15) is 11.0 Å². The van der Waals surface area contributed by atoms with Gasteiger partial charge in [-0.25, -0.2) is 0 Å². The third kappa shape index (κ3) is 5.85. The lowest BCUT2D eigenvalue weighted by atomic mass is 9.84.